The third-order valence-electron chi connectivity index (χ3n) is 2.47. The second-order valence-corrected chi connectivity index (χ2v) is 3.45. The maximum atomic E-state index is 13.0. The van der Waals surface area contributed by atoms with E-state index in [0.29, 0.717) is 18.7 Å². The molecule has 1 aliphatic rings. The zero-order valence-corrected chi connectivity index (χ0v) is 7.96. The van der Waals surface area contributed by atoms with E-state index in [1.54, 1.807) is 0 Å². The van der Waals surface area contributed by atoms with Crippen LogP contribution in [0.25, 0.3) is 0 Å². The second-order valence-electron chi connectivity index (χ2n) is 3.45. The van der Waals surface area contributed by atoms with Gasteiger partial charge in [0.1, 0.15) is 11.7 Å². The summed E-state index contributed by atoms with van der Waals surface area (Å²) in [4.78, 5) is 11.8. The van der Waals surface area contributed by atoms with Gasteiger partial charge in [0.15, 0.2) is 5.78 Å². The van der Waals surface area contributed by atoms with E-state index in [2.05, 4.69) is 5.32 Å². The Kier molecular flexibility index (Phi) is 2.38. The number of benzene rings is 1. The molecule has 0 aliphatic carbocycles. The normalized spacial score (nSPS) is 19.7. The van der Waals surface area contributed by atoms with Gasteiger partial charge in [-0.25, -0.2) is 4.39 Å². The third-order valence-corrected chi connectivity index (χ3v) is 2.47. The summed E-state index contributed by atoms with van der Waals surface area (Å²) < 4.78 is 13.0. The standard InChI is InChI=1S/C11H9FN2O/c12-8-1-2-10-9(5-8)11(15)7(6-13)3-4-14-10/h1-2,5,7,14H,3-4H2. The number of Topliss-reactive ketones (excluding diaryl/α,β-unsaturated/α-hetero) is 1. The van der Waals surface area contributed by atoms with Crippen LogP contribution in [-0.4, -0.2) is 12.3 Å². The highest BCUT2D eigenvalue weighted by atomic mass is 19.1. The Balaban J connectivity index is 2.50. The molecule has 76 valence electrons. The molecule has 1 N–H and O–H groups in total. The van der Waals surface area contributed by atoms with Gasteiger partial charge < -0.3 is 5.32 Å². The average molecular weight is 204 g/mol. The van der Waals surface area contributed by atoms with Crippen LogP contribution in [0.2, 0.25) is 0 Å². The minimum absolute atomic E-state index is 0.277. The van der Waals surface area contributed by atoms with Crippen LogP contribution in [0.4, 0.5) is 10.1 Å². The summed E-state index contributed by atoms with van der Waals surface area (Å²) in [5.74, 6) is -1.42. The Morgan fingerprint density at radius 1 is 1.53 bits per heavy atom. The predicted octanol–water partition coefficient (Wildman–Crippen LogP) is 1.96. The monoisotopic (exact) mass is 204 g/mol. The van der Waals surface area contributed by atoms with Gasteiger partial charge in [-0.1, -0.05) is 0 Å². The van der Waals surface area contributed by atoms with Crippen molar-refractivity contribution in [3.8, 4) is 6.07 Å². The Morgan fingerprint density at radius 3 is 3.07 bits per heavy atom. The number of carbonyl (C=O) groups is 1. The average Bonchev–Trinajstić information content (AvgIpc) is 2.39. The van der Waals surface area contributed by atoms with E-state index < -0.39 is 11.7 Å². The van der Waals surface area contributed by atoms with Crippen molar-refractivity contribution in [3.05, 3.63) is 29.6 Å². The third kappa shape index (κ3) is 1.68. The molecule has 1 unspecified atom stereocenters. The number of hydrogen-bond donors (Lipinski definition) is 1. The van der Waals surface area contributed by atoms with Gasteiger partial charge in [-0.15, -0.1) is 0 Å². The van der Waals surface area contributed by atoms with Gasteiger partial charge in [0.2, 0.25) is 0 Å². The lowest BCUT2D eigenvalue weighted by Gasteiger charge is -2.05. The largest absolute Gasteiger partial charge is 0.384 e. The molecule has 1 aliphatic heterocycles. The summed E-state index contributed by atoms with van der Waals surface area (Å²) in [5.41, 5.74) is 0.887. The van der Waals surface area contributed by atoms with Crippen LogP contribution in [0, 0.1) is 23.1 Å². The highest BCUT2D eigenvalue weighted by Gasteiger charge is 2.25. The van der Waals surface area contributed by atoms with E-state index in [0.717, 1.165) is 0 Å². The first-order valence-corrected chi connectivity index (χ1v) is 4.69. The Hall–Kier alpha value is -1.89. The van der Waals surface area contributed by atoms with Crippen LogP contribution in [0.3, 0.4) is 0 Å². The Labute approximate surface area is 86.5 Å². The van der Waals surface area contributed by atoms with Crippen molar-refractivity contribution in [3.63, 3.8) is 0 Å². The number of nitrogens with zero attached hydrogens (tertiary/aromatic N) is 1. The van der Waals surface area contributed by atoms with Gasteiger partial charge in [-0.05, 0) is 24.6 Å². The quantitative estimate of drug-likeness (QED) is 0.702. The number of anilines is 1. The van der Waals surface area contributed by atoms with Crippen molar-refractivity contribution in [1.82, 2.24) is 0 Å². The van der Waals surface area contributed by atoms with Crippen molar-refractivity contribution in [2.24, 2.45) is 5.92 Å². The van der Waals surface area contributed by atoms with Gasteiger partial charge >= 0.3 is 0 Å². The lowest BCUT2D eigenvalue weighted by molar-refractivity contribution is 0.0948. The van der Waals surface area contributed by atoms with E-state index in [-0.39, 0.29) is 11.3 Å². The van der Waals surface area contributed by atoms with Crippen LogP contribution in [-0.2, 0) is 0 Å². The summed E-state index contributed by atoms with van der Waals surface area (Å²) in [6.45, 7) is 0.558. The molecule has 1 heterocycles. The van der Waals surface area contributed by atoms with Gasteiger partial charge in [0.25, 0.3) is 0 Å². The van der Waals surface area contributed by atoms with E-state index in [4.69, 9.17) is 5.26 Å². The molecular formula is C11H9FN2O. The van der Waals surface area contributed by atoms with Gasteiger partial charge in [-0.2, -0.15) is 5.26 Å². The number of halogens is 1. The molecule has 2 rings (SSSR count). The van der Waals surface area contributed by atoms with E-state index in [1.807, 2.05) is 6.07 Å². The van der Waals surface area contributed by atoms with Crippen LogP contribution in [0.5, 0.6) is 0 Å². The number of nitriles is 1. The van der Waals surface area contributed by atoms with Crippen molar-refractivity contribution in [2.45, 2.75) is 6.42 Å². The van der Waals surface area contributed by atoms with Gasteiger partial charge in [0, 0.05) is 17.8 Å². The fourth-order valence-corrected chi connectivity index (χ4v) is 1.67. The molecule has 0 saturated heterocycles. The smallest absolute Gasteiger partial charge is 0.182 e. The topological polar surface area (TPSA) is 52.9 Å². The zero-order chi connectivity index (χ0) is 10.8. The van der Waals surface area contributed by atoms with Crippen LogP contribution < -0.4 is 5.32 Å². The highest BCUT2D eigenvalue weighted by molar-refractivity contribution is 6.04. The minimum atomic E-state index is -0.666. The second kappa shape index (κ2) is 3.70. The van der Waals surface area contributed by atoms with Crippen molar-refractivity contribution in [2.75, 3.05) is 11.9 Å². The molecule has 4 heteroatoms. The first-order chi connectivity index (χ1) is 7.22. The summed E-state index contributed by atoms with van der Waals surface area (Å²) >= 11 is 0. The molecule has 0 amide bonds. The summed E-state index contributed by atoms with van der Waals surface area (Å²) in [7, 11) is 0. The summed E-state index contributed by atoms with van der Waals surface area (Å²) in [5, 5.41) is 11.8. The Bertz CT molecular complexity index is 450. The number of rotatable bonds is 0. The van der Waals surface area contributed by atoms with Crippen LogP contribution >= 0.6 is 0 Å². The minimum Gasteiger partial charge on any atom is -0.384 e. The summed E-state index contributed by atoms with van der Waals surface area (Å²) in [6, 6.07) is 5.95. The number of carbonyl (C=O) groups excluding carboxylic acids is 1. The van der Waals surface area contributed by atoms with Crippen LogP contribution in [0.1, 0.15) is 16.8 Å². The molecule has 0 fully saturated rings. The molecule has 1 atom stereocenters. The maximum absolute atomic E-state index is 13.0. The molecule has 0 spiro atoms. The summed E-state index contributed by atoms with van der Waals surface area (Å²) in [6.07, 6.45) is 0.464. The molecule has 0 saturated carbocycles. The van der Waals surface area contributed by atoms with E-state index in [9.17, 15) is 9.18 Å². The fraction of sp³-hybridized carbons (Fsp3) is 0.273. The molecule has 15 heavy (non-hydrogen) atoms. The van der Waals surface area contributed by atoms with Crippen molar-refractivity contribution < 1.29 is 9.18 Å². The number of ketones is 1. The van der Waals surface area contributed by atoms with Crippen molar-refractivity contribution >= 4 is 11.5 Å². The van der Waals surface area contributed by atoms with E-state index in [1.165, 1.54) is 18.2 Å². The molecule has 0 radical (unpaired) electrons. The maximum Gasteiger partial charge on any atom is 0.182 e. The lowest BCUT2D eigenvalue weighted by Crippen LogP contribution is -2.12. The SMILES string of the molecule is N#CC1CCNc2ccc(F)cc2C1=O. The molecule has 1 aromatic rings. The first kappa shape index (κ1) is 9.66. The number of fused-ring (bicyclic) bond motifs is 1. The van der Waals surface area contributed by atoms with Gasteiger partial charge in [-0.3, -0.25) is 4.79 Å². The molecular weight excluding hydrogens is 195 g/mol. The Morgan fingerprint density at radius 2 is 2.33 bits per heavy atom. The molecule has 1 aromatic carbocycles. The molecule has 0 bridgehead atoms. The fourth-order valence-electron chi connectivity index (χ4n) is 1.67. The zero-order valence-electron chi connectivity index (χ0n) is 7.96. The van der Waals surface area contributed by atoms with Crippen LogP contribution in [0.15, 0.2) is 18.2 Å². The lowest BCUT2D eigenvalue weighted by atomic mass is 9.97. The molecule has 0 aromatic heterocycles. The number of nitrogens with one attached hydrogen (secondary N) is 1. The van der Waals surface area contributed by atoms with Crippen molar-refractivity contribution in [1.29, 1.82) is 5.26 Å². The molecule has 3 nitrogen and oxygen atoms in total. The first-order valence-electron chi connectivity index (χ1n) is 4.69. The number of hydrogen-bond acceptors (Lipinski definition) is 3. The highest BCUT2D eigenvalue weighted by Crippen LogP contribution is 2.24. The predicted molar refractivity (Wildman–Crippen MR) is 52.9 cm³/mol. The van der Waals surface area contributed by atoms with E-state index >= 15 is 0 Å². The van der Waals surface area contributed by atoms with Gasteiger partial charge in [0.05, 0.1) is 6.07 Å².